The van der Waals surface area contributed by atoms with Gasteiger partial charge in [0, 0.05) is 13.2 Å². The second-order valence-electron chi connectivity index (χ2n) is 5.55. The van der Waals surface area contributed by atoms with Crippen LogP contribution in [-0.4, -0.2) is 35.2 Å². The molecule has 1 aromatic rings. The first-order chi connectivity index (χ1) is 10.6. The molecule has 8 heteroatoms. The minimum Gasteiger partial charge on any atom is -0.476 e. The Hall–Kier alpha value is -1.96. The van der Waals surface area contributed by atoms with E-state index in [0.717, 1.165) is 19.3 Å². The van der Waals surface area contributed by atoms with E-state index < -0.39 is 4.92 Å². The normalized spacial score (nSPS) is 21.4. The fourth-order valence-electron chi connectivity index (χ4n) is 2.79. The van der Waals surface area contributed by atoms with E-state index in [1.807, 2.05) is 0 Å². The number of hydrogen-bond acceptors (Lipinski definition) is 7. The Balaban J connectivity index is 2.37. The average molecular weight is 310 g/mol. The Morgan fingerprint density at radius 3 is 2.64 bits per heavy atom. The average Bonchev–Trinajstić information content (AvgIpc) is 2.49. The second-order valence-corrected chi connectivity index (χ2v) is 5.55. The molecule has 1 N–H and O–H groups in total. The fraction of sp³-hybridized carbons (Fsp3) is 0.714. The van der Waals surface area contributed by atoms with Crippen molar-refractivity contribution in [1.82, 2.24) is 9.97 Å². The maximum absolute atomic E-state index is 11.4. The van der Waals surface area contributed by atoms with Crippen LogP contribution in [0, 0.1) is 16.0 Å². The summed E-state index contributed by atoms with van der Waals surface area (Å²) in [6.45, 7) is 2.32. The van der Waals surface area contributed by atoms with Crippen LogP contribution in [0.3, 0.4) is 0 Å². The maximum atomic E-state index is 11.4. The van der Waals surface area contributed by atoms with Gasteiger partial charge < -0.3 is 14.8 Å². The molecule has 2 atom stereocenters. The summed E-state index contributed by atoms with van der Waals surface area (Å²) in [5.74, 6) is 0.969. The van der Waals surface area contributed by atoms with Crippen LogP contribution in [-0.2, 0) is 11.3 Å². The predicted octanol–water partition coefficient (Wildman–Crippen LogP) is 2.53. The molecular weight excluding hydrogens is 288 g/mol. The van der Waals surface area contributed by atoms with Crippen molar-refractivity contribution in [3.63, 3.8) is 0 Å². The topological polar surface area (TPSA) is 99.4 Å². The lowest BCUT2D eigenvalue weighted by molar-refractivity contribution is -0.385. The number of hydrogen-bond donors (Lipinski definition) is 1. The summed E-state index contributed by atoms with van der Waals surface area (Å²) < 4.78 is 10.1. The summed E-state index contributed by atoms with van der Waals surface area (Å²) in [6.07, 6.45) is 4.40. The Morgan fingerprint density at radius 2 is 2.05 bits per heavy atom. The van der Waals surface area contributed by atoms with Crippen LogP contribution >= 0.6 is 0 Å². The van der Waals surface area contributed by atoms with E-state index in [4.69, 9.17) is 9.47 Å². The van der Waals surface area contributed by atoms with E-state index in [9.17, 15) is 10.1 Å². The maximum Gasteiger partial charge on any atom is 0.372 e. The molecule has 1 saturated carbocycles. The van der Waals surface area contributed by atoms with E-state index in [1.54, 1.807) is 0 Å². The highest BCUT2D eigenvalue weighted by molar-refractivity contribution is 5.62. The van der Waals surface area contributed by atoms with Gasteiger partial charge in [0.25, 0.3) is 5.88 Å². The number of nitrogens with one attached hydrogen (secondary N) is 1. The van der Waals surface area contributed by atoms with Crippen LogP contribution in [0.4, 0.5) is 11.5 Å². The number of aromatic nitrogens is 2. The fourth-order valence-corrected chi connectivity index (χ4v) is 2.79. The van der Waals surface area contributed by atoms with Crippen LogP contribution < -0.4 is 10.1 Å². The second kappa shape index (κ2) is 7.35. The third-order valence-corrected chi connectivity index (χ3v) is 3.98. The largest absolute Gasteiger partial charge is 0.476 e. The lowest BCUT2D eigenvalue weighted by Gasteiger charge is -2.29. The third kappa shape index (κ3) is 3.62. The van der Waals surface area contributed by atoms with Gasteiger partial charge in [-0.1, -0.05) is 19.8 Å². The molecule has 0 spiro atoms. The molecule has 1 heterocycles. The monoisotopic (exact) mass is 310 g/mol. The van der Waals surface area contributed by atoms with Gasteiger partial charge in [0.15, 0.2) is 5.82 Å². The molecule has 2 unspecified atom stereocenters. The molecule has 0 radical (unpaired) electrons. The first kappa shape index (κ1) is 16.4. The van der Waals surface area contributed by atoms with Gasteiger partial charge in [-0.05, 0) is 18.8 Å². The number of anilines is 1. The highest BCUT2D eigenvalue weighted by atomic mass is 16.6. The van der Waals surface area contributed by atoms with Crippen LogP contribution in [0.2, 0.25) is 0 Å². The standard InChI is InChI=1S/C14H22N4O4/c1-9-6-4-5-7-10(9)15-13-12(18(19)20)14(22-3)17-11(16-13)8-21-2/h9-10H,4-8H2,1-3H3,(H,15,16,17). The summed E-state index contributed by atoms with van der Waals surface area (Å²) in [4.78, 5) is 19.1. The highest BCUT2D eigenvalue weighted by Crippen LogP contribution is 2.34. The SMILES string of the molecule is COCc1nc(NC2CCCCC2C)c([N+](=O)[O-])c(OC)n1. The number of nitrogens with zero attached hydrogens (tertiary/aromatic N) is 3. The van der Waals surface area contributed by atoms with Crippen molar-refractivity contribution in [2.24, 2.45) is 5.92 Å². The molecule has 0 bridgehead atoms. The van der Waals surface area contributed by atoms with Crippen molar-refractivity contribution in [3.05, 3.63) is 15.9 Å². The summed E-state index contributed by atoms with van der Waals surface area (Å²) >= 11 is 0. The third-order valence-electron chi connectivity index (χ3n) is 3.98. The quantitative estimate of drug-likeness (QED) is 0.636. The molecule has 122 valence electrons. The minimum absolute atomic E-state index is 0.0435. The summed E-state index contributed by atoms with van der Waals surface area (Å²) in [7, 11) is 2.88. The van der Waals surface area contributed by atoms with Gasteiger partial charge in [-0.3, -0.25) is 10.1 Å². The summed E-state index contributed by atoms with van der Waals surface area (Å²) in [6, 6.07) is 0.169. The van der Waals surface area contributed by atoms with Crippen LogP contribution in [0.5, 0.6) is 5.88 Å². The highest BCUT2D eigenvalue weighted by Gasteiger charge is 2.29. The molecule has 0 saturated heterocycles. The van der Waals surface area contributed by atoms with E-state index in [1.165, 1.54) is 20.6 Å². The Labute approximate surface area is 129 Å². The van der Waals surface area contributed by atoms with Gasteiger partial charge in [-0.15, -0.1) is 0 Å². The van der Waals surface area contributed by atoms with Crippen molar-refractivity contribution >= 4 is 11.5 Å². The number of ether oxygens (including phenoxy) is 2. The predicted molar refractivity (Wildman–Crippen MR) is 81.0 cm³/mol. The molecule has 1 fully saturated rings. The molecule has 1 aliphatic rings. The molecular formula is C14H22N4O4. The number of methoxy groups -OCH3 is 2. The number of rotatable bonds is 6. The molecule has 1 aliphatic carbocycles. The van der Waals surface area contributed by atoms with Gasteiger partial charge in [0.1, 0.15) is 6.61 Å². The lowest BCUT2D eigenvalue weighted by Crippen LogP contribution is -2.31. The zero-order valence-electron chi connectivity index (χ0n) is 13.2. The van der Waals surface area contributed by atoms with Crippen LogP contribution in [0.15, 0.2) is 0 Å². The van der Waals surface area contributed by atoms with Crippen LogP contribution in [0.1, 0.15) is 38.4 Å². The molecule has 22 heavy (non-hydrogen) atoms. The Bertz CT molecular complexity index is 538. The lowest BCUT2D eigenvalue weighted by atomic mass is 9.86. The van der Waals surface area contributed by atoms with E-state index in [0.29, 0.717) is 11.7 Å². The van der Waals surface area contributed by atoms with Gasteiger partial charge in [-0.2, -0.15) is 4.98 Å². The first-order valence-electron chi connectivity index (χ1n) is 7.41. The van der Waals surface area contributed by atoms with Crippen LogP contribution in [0.25, 0.3) is 0 Å². The first-order valence-corrected chi connectivity index (χ1v) is 7.41. The van der Waals surface area contributed by atoms with Crippen molar-refractivity contribution in [3.8, 4) is 5.88 Å². The molecule has 8 nitrogen and oxygen atoms in total. The molecule has 2 rings (SSSR count). The van der Waals surface area contributed by atoms with Gasteiger partial charge in [0.2, 0.25) is 5.82 Å². The zero-order valence-corrected chi connectivity index (χ0v) is 13.2. The molecule has 0 aliphatic heterocycles. The summed E-state index contributed by atoms with van der Waals surface area (Å²) in [5.41, 5.74) is -0.222. The van der Waals surface area contributed by atoms with E-state index in [-0.39, 0.29) is 30.0 Å². The number of nitro groups is 1. The van der Waals surface area contributed by atoms with Gasteiger partial charge in [0.05, 0.1) is 12.0 Å². The van der Waals surface area contributed by atoms with E-state index >= 15 is 0 Å². The van der Waals surface area contributed by atoms with Crippen molar-refractivity contribution in [1.29, 1.82) is 0 Å². The zero-order chi connectivity index (χ0) is 16.1. The van der Waals surface area contributed by atoms with Crippen molar-refractivity contribution in [2.45, 2.75) is 45.3 Å². The molecule has 0 amide bonds. The van der Waals surface area contributed by atoms with Crippen molar-refractivity contribution < 1.29 is 14.4 Å². The Morgan fingerprint density at radius 1 is 1.32 bits per heavy atom. The Kier molecular flexibility index (Phi) is 5.48. The van der Waals surface area contributed by atoms with E-state index in [2.05, 4.69) is 22.2 Å². The van der Waals surface area contributed by atoms with Gasteiger partial charge >= 0.3 is 5.69 Å². The summed E-state index contributed by atoms with van der Waals surface area (Å²) in [5, 5.41) is 14.6. The van der Waals surface area contributed by atoms with Crippen molar-refractivity contribution in [2.75, 3.05) is 19.5 Å². The minimum atomic E-state index is -0.509. The molecule has 1 aromatic heterocycles. The smallest absolute Gasteiger partial charge is 0.372 e. The molecule has 0 aromatic carbocycles. The van der Waals surface area contributed by atoms with Gasteiger partial charge in [-0.25, -0.2) is 4.98 Å².